The Labute approximate surface area is 101 Å². The molecule has 2 rings (SSSR count). The fraction of sp³-hybridized carbons (Fsp3) is 0.538. The molecule has 94 valence electrons. The van der Waals surface area contributed by atoms with E-state index in [0.717, 1.165) is 25.8 Å². The van der Waals surface area contributed by atoms with E-state index in [1.165, 1.54) is 12.1 Å². The lowest BCUT2D eigenvalue weighted by molar-refractivity contribution is 0.199. The van der Waals surface area contributed by atoms with Crippen LogP contribution in [0.5, 0.6) is 0 Å². The molecule has 1 aliphatic carbocycles. The Morgan fingerprint density at radius 1 is 1.35 bits per heavy atom. The Hall–Kier alpha value is -1.29. The van der Waals surface area contributed by atoms with Crippen molar-refractivity contribution < 1.29 is 9.50 Å². The van der Waals surface area contributed by atoms with Crippen LogP contribution in [0.25, 0.3) is 0 Å². The van der Waals surface area contributed by atoms with Gasteiger partial charge in [0, 0.05) is 13.2 Å². The molecule has 17 heavy (non-hydrogen) atoms. The third-order valence-electron chi connectivity index (χ3n) is 3.62. The fourth-order valence-corrected chi connectivity index (χ4v) is 2.55. The van der Waals surface area contributed by atoms with Crippen molar-refractivity contribution >= 4 is 11.4 Å². The van der Waals surface area contributed by atoms with Crippen molar-refractivity contribution in [2.24, 2.45) is 11.8 Å². The molecule has 0 saturated heterocycles. The van der Waals surface area contributed by atoms with Gasteiger partial charge in [-0.25, -0.2) is 4.39 Å². The molecule has 2 atom stereocenters. The van der Waals surface area contributed by atoms with Gasteiger partial charge < -0.3 is 16.2 Å². The van der Waals surface area contributed by atoms with Crippen LogP contribution in [0.4, 0.5) is 15.8 Å². The average molecular weight is 238 g/mol. The van der Waals surface area contributed by atoms with Crippen molar-refractivity contribution in [2.75, 3.05) is 24.2 Å². The van der Waals surface area contributed by atoms with Gasteiger partial charge in [-0.1, -0.05) is 6.42 Å². The molecule has 2 unspecified atom stereocenters. The minimum Gasteiger partial charge on any atom is -0.397 e. The molecule has 4 N–H and O–H groups in total. The summed E-state index contributed by atoms with van der Waals surface area (Å²) >= 11 is 0. The Morgan fingerprint density at radius 2 is 2.12 bits per heavy atom. The second-order valence-electron chi connectivity index (χ2n) is 4.75. The molecule has 1 aromatic carbocycles. The van der Waals surface area contributed by atoms with Gasteiger partial charge in [-0.15, -0.1) is 0 Å². The zero-order valence-corrected chi connectivity index (χ0v) is 9.82. The molecule has 4 heteroatoms. The SMILES string of the molecule is Nc1ccc(F)cc1NCC1CCCC1CO. The number of aliphatic hydroxyl groups is 1. The third-order valence-corrected chi connectivity index (χ3v) is 3.62. The monoisotopic (exact) mass is 238 g/mol. The number of nitrogens with two attached hydrogens (primary N) is 1. The molecular weight excluding hydrogens is 219 g/mol. The third kappa shape index (κ3) is 2.88. The lowest BCUT2D eigenvalue weighted by Crippen LogP contribution is -2.21. The Kier molecular flexibility index (Phi) is 3.84. The van der Waals surface area contributed by atoms with Crippen LogP contribution >= 0.6 is 0 Å². The maximum Gasteiger partial charge on any atom is 0.125 e. The number of aliphatic hydroxyl groups excluding tert-OH is 1. The number of benzene rings is 1. The molecule has 1 saturated carbocycles. The van der Waals surface area contributed by atoms with Crippen LogP contribution in [0.3, 0.4) is 0 Å². The highest BCUT2D eigenvalue weighted by Crippen LogP contribution is 2.32. The van der Waals surface area contributed by atoms with Crippen LogP contribution < -0.4 is 11.1 Å². The summed E-state index contributed by atoms with van der Waals surface area (Å²) in [5, 5.41) is 12.4. The van der Waals surface area contributed by atoms with Gasteiger partial charge in [0.05, 0.1) is 11.4 Å². The summed E-state index contributed by atoms with van der Waals surface area (Å²) in [4.78, 5) is 0. The van der Waals surface area contributed by atoms with Crippen LogP contribution in [-0.2, 0) is 0 Å². The highest BCUT2D eigenvalue weighted by atomic mass is 19.1. The van der Waals surface area contributed by atoms with Gasteiger partial charge in [0.2, 0.25) is 0 Å². The topological polar surface area (TPSA) is 58.3 Å². The zero-order chi connectivity index (χ0) is 12.3. The molecule has 0 aromatic heterocycles. The van der Waals surface area contributed by atoms with E-state index in [9.17, 15) is 9.50 Å². The number of hydrogen-bond donors (Lipinski definition) is 3. The van der Waals surface area contributed by atoms with Crippen molar-refractivity contribution in [3.63, 3.8) is 0 Å². The van der Waals surface area contributed by atoms with E-state index in [1.54, 1.807) is 6.07 Å². The first-order valence-electron chi connectivity index (χ1n) is 6.10. The first kappa shape index (κ1) is 12.2. The molecule has 1 fully saturated rings. The Bertz CT molecular complexity index is 384. The first-order valence-corrected chi connectivity index (χ1v) is 6.10. The predicted octanol–water partition coefficient (Wildman–Crippen LogP) is 2.23. The number of nitrogen functional groups attached to an aromatic ring is 1. The molecule has 0 heterocycles. The van der Waals surface area contributed by atoms with E-state index >= 15 is 0 Å². The number of halogens is 1. The Morgan fingerprint density at radius 3 is 2.88 bits per heavy atom. The van der Waals surface area contributed by atoms with Crippen molar-refractivity contribution in [2.45, 2.75) is 19.3 Å². The van der Waals surface area contributed by atoms with Crippen LogP contribution in [0.1, 0.15) is 19.3 Å². The number of nitrogens with one attached hydrogen (secondary N) is 1. The molecule has 0 radical (unpaired) electrons. The lowest BCUT2D eigenvalue weighted by atomic mass is 9.97. The fourth-order valence-electron chi connectivity index (χ4n) is 2.55. The number of hydrogen-bond acceptors (Lipinski definition) is 3. The second kappa shape index (κ2) is 5.36. The van der Waals surface area contributed by atoms with Crippen molar-refractivity contribution in [3.8, 4) is 0 Å². The molecule has 0 spiro atoms. The largest absolute Gasteiger partial charge is 0.397 e. The van der Waals surface area contributed by atoms with E-state index in [-0.39, 0.29) is 12.4 Å². The van der Waals surface area contributed by atoms with Crippen LogP contribution in [-0.4, -0.2) is 18.3 Å². The molecule has 3 nitrogen and oxygen atoms in total. The van der Waals surface area contributed by atoms with Gasteiger partial charge in [0.1, 0.15) is 5.82 Å². The molecule has 0 aliphatic heterocycles. The lowest BCUT2D eigenvalue weighted by Gasteiger charge is -2.19. The average Bonchev–Trinajstić information content (AvgIpc) is 2.77. The van der Waals surface area contributed by atoms with Gasteiger partial charge in [-0.3, -0.25) is 0 Å². The minimum atomic E-state index is -0.285. The smallest absolute Gasteiger partial charge is 0.125 e. The summed E-state index contributed by atoms with van der Waals surface area (Å²) < 4.78 is 13.1. The van der Waals surface area contributed by atoms with E-state index in [1.807, 2.05) is 0 Å². The Balaban J connectivity index is 1.95. The summed E-state index contributed by atoms with van der Waals surface area (Å²) in [6.07, 6.45) is 3.37. The summed E-state index contributed by atoms with van der Waals surface area (Å²) in [5.74, 6) is 0.548. The van der Waals surface area contributed by atoms with Crippen molar-refractivity contribution in [3.05, 3.63) is 24.0 Å². The van der Waals surface area contributed by atoms with E-state index in [0.29, 0.717) is 23.2 Å². The van der Waals surface area contributed by atoms with Crippen LogP contribution in [0.15, 0.2) is 18.2 Å². The molecule has 0 amide bonds. The van der Waals surface area contributed by atoms with Gasteiger partial charge in [0.15, 0.2) is 0 Å². The molecule has 0 bridgehead atoms. The number of rotatable bonds is 4. The summed E-state index contributed by atoms with van der Waals surface area (Å²) in [6.45, 7) is 0.990. The summed E-state index contributed by atoms with van der Waals surface area (Å²) in [5.41, 5.74) is 6.97. The van der Waals surface area contributed by atoms with Crippen molar-refractivity contribution in [1.82, 2.24) is 0 Å². The molecular formula is C13H19FN2O. The van der Waals surface area contributed by atoms with Gasteiger partial charge in [-0.2, -0.15) is 0 Å². The summed E-state index contributed by atoms with van der Waals surface area (Å²) in [7, 11) is 0. The molecule has 1 aliphatic rings. The maximum absolute atomic E-state index is 13.1. The van der Waals surface area contributed by atoms with Gasteiger partial charge in [0.25, 0.3) is 0 Å². The normalized spacial score (nSPS) is 23.9. The second-order valence-corrected chi connectivity index (χ2v) is 4.75. The van der Waals surface area contributed by atoms with Crippen LogP contribution in [0.2, 0.25) is 0 Å². The summed E-state index contributed by atoms with van der Waals surface area (Å²) in [6, 6.07) is 4.33. The predicted molar refractivity (Wildman–Crippen MR) is 67.2 cm³/mol. The quantitative estimate of drug-likeness (QED) is 0.705. The van der Waals surface area contributed by atoms with E-state index in [2.05, 4.69) is 5.32 Å². The van der Waals surface area contributed by atoms with E-state index in [4.69, 9.17) is 5.73 Å². The van der Waals surface area contributed by atoms with Crippen LogP contribution in [0, 0.1) is 17.7 Å². The molecule has 1 aromatic rings. The first-order chi connectivity index (χ1) is 8.20. The van der Waals surface area contributed by atoms with E-state index < -0.39 is 0 Å². The maximum atomic E-state index is 13.1. The van der Waals surface area contributed by atoms with Crippen molar-refractivity contribution in [1.29, 1.82) is 0 Å². The standard InChI is InChI=1S/C13H19FN2O/c14-11-4-5-12(15)13(6-11)16-7-9-2-1-3-10(9)8-17/h4-6,9-10,16-17H,1-3,7-8,15H2. The highest BCUT2D eigenvalue weighted by molar-refractivity contribution is 5.65. The number of anilines is 2. The zero-order valence-electron chi connectivity index (χ0n) is 9.82. The van der Waals surface area contributed by atoms with Gasteiger partial charge >= 0.3 is 0 Å². The highest BCUT2D eigenvalue weighted by Gasteiger charge is 2.26. The minimum absolute atomic E-state index is 0.241. The van der Waals surface area contributed by atoms with Gasteiger partial charge in [-0.05, 0) is 42.9 Å².